The van der Waals surface area contributed by atoms with Gasteiger partial charge in [0.05, 0.1) is 18.1 Å². The highest BCUT2D eigenvalue weighted by Gasteiger charge is 2.45. The molecular formula is C22H20BrNO3. The van der Waals surface area contributed by atoms with Crippen LogP contribution in [0.2, 0.25) is 0 Å². The number of carbonyl (C=O) groups excluding carboxylic acids is 1. The monoisotopic (exact) mass is 425 g/mol. The van der Waals surface area contributed by atoms with Crippen molar-refractivity contribution in [2.24, 2.45) is 5.92 Å². The molecule has 0 amide bonds. The summed E-state index contributed by atoms with van der Waals surface area (Å²) in [6.45, 7) is 2.27. The van der Waals surface area contributed by atoms with E-state index in [1.807, 2.05) is 43.3 Å². The van der Waals surface area contributed by atoms with Crippen LogP contribution in [0.4, 0.5) is 0 Å². The third kappa shape index (κ3) is 3.46. The van der Waals surface area contributed by atoms with Gasteiger partial charge in [0.2, 0.25) is 0 Å². The Morgan fingerprint density at radius 3 is 2.74 bits per heavy atom. The Labute approximate surface area is 167 Å². The summed E-state index contributed by atoms with van der Waals surface area (Å²) in [6.07, 6.45) is 2.67. The smallest absolute Gasteiger partial charge is 0.309 e. The summed E-state index contributed by atoms with van der Waals surface area (Å²) in [5, 5.41) is 9.17. The first-order valence-corrected chi connectivity index (χ1v) is 10.1. The van der Waals surface area contributed by atoms with Crippen LogP contribution in [0.25, 0.3) is 0 Å². The molecule has 5 heteroatoms. The Hall–Kier alpha value is -2.32. The molecule has 4 nitrogen and oxygen atoms in total. The van der Waals surface area contributed by atoms with Gasteiger partial charge in [0.1, 0.15) is 17.9 Å². The second-order valence-corrected chi connectivity index (χ2v) is 7.81. The second-order valence-electron chi connectivity index (χ2n) is 7.02. The van der Waals surface area contributed by atoms with Crippen molar-refractivity contribution in [3.8, 4) is 11.8 Å². The van der Waals surface area contributed by atoms with E-state index < -0.39 is 0 Å². The van der Waals surface area contributed by atoms with Gasteiger partial charge in [-0.2, -0.15) is 5.26 Å². The van der Waals surface area contributed by atoms with Crippen LogP contribution < -0.4 is 4.74 Å². The first-order chi connectivity index (χ1) is 13.1. The van der Waals surface area contributed by atoms with Crippen LogP contribution in [-0.2, 0) is 16.0 Å². The van der Waals surface area contributed by atoms with E-state index in [9.17, 15) is 4.79 Å². The average Bonchev–Trinajstić information content (AvgIpc) is 3.38. The molecule has 0 spiro atoms. The highest BCUT2D eigenvalue weighted by Crippen LogP contribution is 2.48. The lowest BCUT2D eigenvalue weighted by atomic mass is 10.1. The zero-order valence-electron chi connectivity index (χ0n) is 15.1. The fourth-order valence-electron chi connectivity index (χ4n) is 3.86. The van der Waals surface area contributed by atoms with Crippen molar-refractivity contribution in [2.75, 3.05) is 6.61 Å². The van der Waals surface area contributed by atoms with Crippen LogP contribution in [-0.4, -0.2) is 12.6 Å². The van der Waals surface area contributed by atoms with Gasteiger partial charge in [0.25, 0.3) is 0 Å². The third-order valence-electron chi connectivity index (χ3n) is 5.37. The molecule has 0 saturated heterocycles. The predicted molar refractivity (Wildman–Crippen MR) is 104 cm³/mol. The maximum Gasteiger partial charge on any atom is 0.309 e. The number of nitriles is 1. The molecule has 138 valence electrons. The van der Waals surface area contributed by atoms with Gasteiger partial charge < -0.3 is 9.47 Å². The predicted octanol–water partition coefficient (Wildman–Crippen LogP) is 5.05. The number of benzene rings is 2. The van der Waals surface area contributed by atoms with Crippen molar-refractivity contribution in [1.29, 1.82) is 5.26 Å². The van der Waals surface area contributed by atoms with Gasteiger partial charge in [-0.3, -0.25) is 4.79 Å². The fraction of sp³-hybridized carbons (Fsp3) is 0.364. The summed E-state index contributed by atoms with van der Waals surface area (Å²) >= 11 is 3.55. The van der Waals surface area contributed by atoms with Crippen molar-refractivity contribution in [2.45, 2.75) is 38.2 Å². The Bertz CT molecular complexity index is 916. The van der Waals surface area contributed by atoms with Gasteiger partial charge >= 0.3 is 5.97 Å². The molecule has 0 aliphatic heterocycles. The van der Waals surface area contributed by atoms with Gasteiger partial charge in [0.15, 0.2) is 0 Å². The molecule has 27 heavy (non-hydrogen) atoms. The topological polar surface area (TPSA) is 59.3 Å². The molecule has 1 saturated carbocycles. The molecule has 3 atom stereocenters. The van der Waals surface area contributed by atoms with Crippen molar-refractivity contribution < 1.29 is 14.3 Å². The third-order valence-corrected chi connectivity index (χ3v) is 6.28. The number of rotatable bonds is 5. The van der Waals surface area contributed by atoms with Gasteiger partial charge in [-0.05, 0) is 82.9 Å². The van der Waals surface area contributed by atoms with Crippen molar-refractivity contribution in [3.63, 3.8) is 0 Å². The van der Waals surface area contributed by atoms with E-state index in [2.05, 4.69) is 22.0 Å². The molecular weight excluding hydrogens is 406 g/mol. The zero-order valence-corrected chi connectivity index (χ0v) is 16.7. The average molecular weight is 426 g/mol. The summed E-state index contributed by atoms with van der Waals surface area (Å²) < 4.78 is 12.2. The van der Waals surface area contributed by atoms with Gasteiger partial charge in [0, 0.05) is 4.47 Å². The van der Waals surface area contributed by atoms with Crippen molar-refractivity contribution in [3.05, 3.63) is 63.1 Å². The van der Waals surface area contributed by atoms with Crippen LogP contribution >= 0.6 is 15.9 Å². The van der Waals surface area contributed by atoms with Gasteiger partial charge in [-0.1, -0.05) is 18.2 Å². The summed E-state index contributed by atoms with van der Waals surface area (Å²) in [4.78, 5) is 11.8. The zero-order chi connectivity index (χ0) is 19.0. The Morgan fingerprint density at radius 2 is 2.04 bits per heavy atom. The molecule has 0 bridgehead atoms. The van der Waals surface area contributed by atoms with Crippen LogP contribution in [0.3, 0.4) is 0 Å². The molecule has 1 fully saturated rings. The Morgan fingerprint density at radius 1 is 1.26 bits per heavy atom. The number of hydrogen-bond acceptors (Lipinski definition) is 4. The molecule has 2 aliphatic carbocycles. The number of esters is 1. The van der Waals surface area contributed by atoms with Crippen LogP contribution in [0.15, 0.2) is 40.9 Å². The van der Waals surface area contributed by atoms with Gasteiger partial charge in [-0.15, -0.1) is 0 Å². The minimum Gasteiger partial charge on any atom is -0.486 e. The number of ether oxygens (including phenoxy) is 2. The van der Waals surface area contributed by atoms with Crippen LogP contribution in [0.1, 0.15) is 54.0 Å². The number of carbonyl (C=O) groups is 1. The van der Waals surface area contributed by atoms with E-state index in [-0.39, 0.29) is 23.9 Å². The lowest BCUT2D eigenvalue weighted by molar-refractivity contribution is -0.144. The molecule has 2 aromatic carbocycles. The van der Waals surface area contributed by atoms with Crippen LogP contribution in [0.5, 0.6) is 5.75 Å². The number of halogens is 1. The van der Waals surface area contributed by atoms with Crippen molar-refractivity contribution in [1.82, 2.24) is 0 Å². The molecule has 0 N–H and O–H groups in total. The Balaban J connectivity index is 1.43. The summed E-state index contributed by atoms with van der Waals surface area (Å²) in [5.41, 5.74) is 4.15. The van der Waals surface area contributed by atoms with E-state index in [1.165, 1.54) is 5.56 Å². The highest BCUT2D eigenvalue weighted by atomic mass is 79.9. The summed E-state index contributed by atoms with van der Waals surface area (Å²) in [7, 11) is 0. The molecule has 0 radical (unpaired) electrons. The molecule has 1 unspecified atom stereocenters. The van der Waals surface area contributed by atoms with E-state index in [0.29, 0.717) is 12.2 Å². The molecule has 4 rings (SSSR count). The van der Waals surface area contributed by atoms with Crippen LogP contribution in [0, 0.1) is 17.2 Å². The molecule has 2 aromatic rings. The highest BCUT2D eigenvalue weighted by molar-refractivity contribution is 9.10. The summed E-state index contributed by atoms with van der Waals surface area (Å²) in [6, 6.07) is 14.1. The first-order valence-electron chi connectivity index (χ1n) is 9.27. The number of nitrogens with zero attached hydrogens (tertiary/aromatic N) is 1. The van der Waals surface area contributed by atoms with E-state index in [4.69, 9.17) is 14.7 Å². The fourth-order valence-corrected chi connectivity index (χ4v) is 4.51. The maximum atomic E-state index is 11.8. The normalized spacial score (nSPS) is 22.6. The minimum atomic E-state index is -0.0901. The lowest BCUT2D eigenvalue weighted by Gasteiger charge is -2.16. The van der Waals surface area contributed by atoms with E-state index in [0.717, 1.165) is 40.6 Å². The maximum absolute atomic E-state index is 11.8. The van der Waals surface area contributed by atoms with E-state index in [1.54, 1.807) is 0 Å². The SMILES string of the molecule is CCOC(=O)[C@H]1CC1c1ccc(O[C@@H]2CCc3c2ccc(C#N)c3Br)cc1. The number of fused-ring (bicyclic) bond motifs is 1. The van der Waals surface area contributed by atoms with Crippen molar-refractivity contribution >= 4 is 21.9 Å². The quantitative estimate of drug-likeness (QED) is 0.628. The molecule has 0 heterocycles. The lowest BCUT2D eigenvalue weighted by Crippen LogP contribution is -2.07. The molecule has 0 aromatic heterocycles. The molecule has 2 aliphatic rings. The largest absolute Gasteiger partial charge is 0.486 e. The standard InChI is InChI=1S/C22H20BrNO3/c1-2-26-22(25)19-11-18(19)13-3-6-15(7-4-13)27-20-10-9-17-16(20)8-5-14(12-24)21(17)23/h3-8,18-20H,2,9-11H2,1H3/t18?,19-,20+/m0/s1. The first kappa shape index (κ1) is 18.1. The Kier molecular flexibility index (Phi) is 4.92. The second kappa shape index (κ2) is 7.36. The van der Waals surface area contributed by atoms with Gasteiger partial charge in [-0.25, -0.2) is 0 Å². The minimum absolute atomic E-state index is 0.00287. The number of hydrogen-bond donors (Lipinski definition) is 0. The van der Waals surface area contributed by atoms with E-state index >= 15 is 0 Å². The summed E-state index contributed by atoms with van der Waals surface area (Å²) in [5.74, 6) is 1.01.